The number of rotatable bonds is 7. The summed E-state index contributed by atoms with van der Waals surface area (Å²) >= 11 is 7.84. The fourth-order valence-corrected chi connectivity index (χ4v) is 5.92. The van der Waals surface area contributed by atoms with Crippen LogP contribution in [0, 0.1) is 20.8 Å². The molecule has 2 aromatic carbocycles. The zero-order valence-electron chi connectivity index (χ0n) is 21.3. The fourth-order valence-electron chi connectivity index (χ4n) is 4.58. The highest BCUT2D eigenvalue weighted by Crippen LogP contribution is 2.39. The van der Waals surface area contributed by atoms with Gasteiger partial charge in [-0.25, -0.2) is 0 Å². The maximum atomic E-state index is 13.1. The lowest BCUT2D eigenvalue weighted by molar-refractivity contribution is -0.121. The summed E-state index contributed by atoms with van der Waals surface area (Å²) in [6.45, 7) is 6.54. The number of nitrogens with one attached hydrogen (secondary N) is 1. The van der Waals surface area contributed by atoms with E-state index in [2.05, 4.69) is 29.4 Å². The number of nitrogens with zero attached hydrogens (tertiary/aromatic N) is 4. The van der Waals surface area contributed by atoms with Gasteiger partial charge in [0.15, 0.2) is 5.82 Å². The molecule has 194 valence electrons. The number of aromatic nitrogens is 3. The van der Waals surface area contributed by atoms with Crippen LogP contribution in [0.4, 0.5) is 0 Å². The molecular weight excluding hydrogens is 521 g/mol. The van der Waals surface area contributed by atoms with Crippen LogP contribution in [0.15, 0.2) is 53.5 Å². The van der Waals surface area contributed by atoms with Crippen LogP contribution >= 0.6 is 22.9 Å². The molecule has 4 aromatic rings. The lowest BCUT2D eigenvalue weighted by atomic mass is 9.80. The summed E-state index contributed by atoms with van der Waals surface area (Å²) in [7, 11) is -1.50. The number of amides is 1. The summed E-state index contributed by atoms with van der Waals surface area (Å²) in [4.78, 5) is 19.4. The molecule has 1 atom stereocenters. The molecule has 0 saturated heterocycles. The van der Waals surface area contributed by atoms with E-state index < -0.39 is 13.2 Å². The number of aliphatic imine (C=N–C) groups is 1. The Balaban J connectivity index is 1.42. The monoisotopic (exact) mass is 547 g/mol. The van der Waals surface area contributed by atoms with Crippen molar-refractivity contribution in [1.82, 2.24) is 20.1 Å². The van der Waals surface area contributed by atoms with Gasteiger partial charge in [0.2, 0.25) is 5.91 Å². The SMILES string of the molecule is Cc1sc2c(c1C)C(c1ccc(Cl)cc1)=N[C@@H](CC(=O)NCCc1ccc(B(O)O)cc1)c1nnc(C)n1-2. The van der Waals surface area contributed by atoms with E-state index in [0.717, 1.165) is 38.8 Å². The predicted molar refractivity (Wildman–Crippen MR) is 151 cm³/mol. The van der Waals surface area contributed by atoms with Gasteiger partial charge in [0, 0.05) is 27.6 Å². The minimum atomic E-state index is -1.50. The number of aryl methyl sites for hydroxylation is 2. The highest BCUT2D eigenvalue weighted by Gasteiger charge is 2.32. The van der Waals surface area contributed by atoms with Crippen LogP contribution in [0.5, 0.6) is 0 Å². The summed E-state index contributed by atoms with van der Waals surface area (Å²) in [5, 5.41) is 31.9. The third-order valence-corrected chi connectivity index (χ3v) is 8.19. The minimum absolute atomic E-state index is 0.123. The van der Waals surface area contributed by atoms with Crippen LogP contribution in [-0.2, 0) is 11.2 Å². The largest absolute Gasteiger partial charge is 0.488 e. The second kappa shape index (κ2) is 10.8. The van der Waals surface area contributed by atoms with Crippen molar-refractivity contribution < 1.29 is 14.8 Å². The van der Waals surface area contributed by atoms with Crippen molar-refractivity contribution in [3.05, 3.63) is 92.3 Å². The molecule has 0 radical (unpaired) electrons. The first-order valence-corrected chi connectivity index (χ1v) is 13.5. The molecule has 38 heavy (non-hydrogen) atoms. The second-order valence-electron chi connectivity index (χ2n) is 9.32. The standard InChI is InChI=1S/C27H27BClN5O3S/c1-15-16(2)38-27-24(15)25(19-6-10-21(29)11-7-19)31-22(26-33-32-17(3)34(26)27)14-23(35)30-13-12-18-4-8-20(9-5-18)28(36)37/h4-11,22,36-37H,12-14H2,1-3H3,(H,30,35)/t22-/m0/s1. The van der Waals surface area contributed by atoms with Gasteiger partial charge < -0.3 is 15.4 Å². The normalized spacial score (nSPS) is 14.4. The van der Waals surface area contributed by atoms with E-state index in [4.69, 9.17) is 16.6 Å². The van der Waals surface area contributed by atoms with Crippen LogP contribution in [0.2, 0.25) is 5.02 Å². The highest BCUT2D eigenvalue weighted by atomic mass is 35.5. The number of carbonyl (C=O) groups is 1. The summed E-state index contributed by atoms with van der Waals surface area (Å²) in [6, 6.07) is 14.1. The Hall–Kier alpha value is -3.31. The molecule has 3 N–H and O–H groups in total. The van der Waals surface area contributed by atoms with E-state index in [1.54, 1.807) is 23.5 Å². The number of thiophene rings is 1. The lowest BCUT2D eigenvalue weighted by Gasteiger charge is -2.13. The predicted octanol–water partition coefficient (Wildman–Crippen LogP) is 3.23. The summed E-state index contributed by atoms with van der Waals surface area (Å²) in [5.41, 5.74) is 5.32. The molecule has 0 saturated carbocycles. The number of benzene rings is 2. The van der Waals surface area contributed by atoms with Crippen LogP contribution in [0.3, 0.4) is 0 Å². The molecule has 0 spiro atoms. The van der Waals surface area contributed by atoms with E-state index in [0.29, 0.717) is 29.3 Å². The van der Waals surface area contributed by atoms with Crippen LogP contribution in [0.25, 0.3) is 5.00 Å². The molecule has 0 unspecified atom stereocenters. The van der Waals surface area contributed by atoms with Crippen LogP contribution in [0.1, 0.15) is 51.2 Å². The third-order valence-electron chi connectivity index (χ3n) is 6.75. The Morgan fingerprint density at radius 2 is 1.79 bits per heavy atom. The quantitative estimate of drug-likeness (QED) is 0.308. The van der Waals surface area contributed by atoms with Gasteiger partial charge in [0.05, 0.1) is 12.1 Å². The number of halogens is 1. The Morgan fingerprint density at radius 3 is 2.47 bits per heavy atom. The maximum Gasteiger partial charge on any atom is 0.488 e. The molecule has 1 aliphatic heterocycles. The molecule has 0 fully saturated rings. The van der Waals surface area contributed by atoms with Crippen molar-refractivity contribution in [2.24, 2.45) is 4.99 Å². The number of carbonyl (C=O) groups excluding carboxylic acids is 1. The van der Waals surface area contributed by atoms with Gasteiger partial charge in [-0.1, -0.05) is 48.0 Å². The van der Waals surface area contributed by atoms with Gasteiger partial charge in [0.25, 0.3) is 0 Å². The molecule has 8 nitrogen and oxygen atoms in total. The van der Waals surface area contributed by atoms with E-state index in [9.17, 15) is 14.8 Å². The third kappa shape index (κ3) is 5.17. The number of fused-ring (bicyclic) bond motifs is 3. The summed E-state index contributed by atoms with van der Waals surface area (Å²) in [6.07, 6.45) is 0.736. The van der Waals surface area contributed by atoms with Gasteiger partial charge in [-0.15, -0.1) is 21.5 Å². The summed E-state index contributed by atoms with van der Waals surface area (Å²) < 4.78 is 2.03. The van der Waals surface area contributed by atoms with Crippen molar-refractivity contribution >= 4 is 47.1 Å². The molecule has 1 aliphatic rings. The molecule has 0 aliphatic carbocycles. The van der Waals surface area contributed by atoms with E-state index >= 15 is 0 Å². The van der Waals surface area contributed by atoms with E-state index in [1.165, 1.54) is 4.88 Å². The molecule has 1 amide bonds. The van der Waals surface area contributed by atoms with Crippen LogP contribution < -0.4 is 10.8 Å². The van der Waals surface area contributed by atoms with Crippen LogP contribution in [-0.4, -0.2) is 50.1 Å². The Bertz CT molecular complexity index is 1510. The van der Waals surface area contributed by atoms with Crippen molar-refractivity contribution in [2.45, 2.75) is 39.7 Å². The summed E-state index contributed by atoms with van der Waals surface area (Å²) in [5.74, 6) is 1.25. The first-order chi connectivity index (χ1) is 18.2. The minimum Gasteiger partial charge on any atom is -0.423 e. The zero-order chi connectivity index (χ0) is 27.0. The Labute approximate surface area is 230 Å². The van der Waals surface area contributed by atoms with Gasteiger partial charge in [-0.05, 0) is 55.9 Å². The van der Waals surface area contributed by atoms with Crippen molar-refractivity contribution in [3.63, 3.8) is 0 Å². The van der Waals surface area contributed by atoms with Crippen molar-refractivity contribution in [3.8, 4) is 5.00 Å². The first kappa shape index (κ1) is 26.3. The number of hydrogen-bond acceptors (Lipinski definition) is 7. The molecule has 11 heteroatoms. The number of hydrogen-bond donors (Lipinski definition) is 3. The van der Waals surface area contributed by atoms with Crippen molar-refractivity contribution in [1.29, 1.82) is 0 Å². The van der Waals surface area contributed by atoms with E-state index in [1.807, 2.05) is 47.9 Å². The Morgan fingerprint density at radius 1 is 1.08 bits per heavy atom. The molecule has 5 rings (SSSR count). The lowest BCUT2D eigenvalue weighted by Crippen LogP contribution is -2.30. The zero-order valence-corrected chi connectivity index (χ0v) is 22.8. The molecular formula is C27H27BClN5O3S. The van der Waals surface area contributed by atoms with Gasteiger partial charge in [0.1, 0.15) is 16.9 Å². The van der Waals surface area contributed by atoms with Gasteiger partial charge >= 0.3 is 7.12 Å². The molecule has 3 heterocycles. The molecule has 2 aromatic heterocycles. The fraction of sp³-hybridized carbons (Fsp3) is 0.259. The van der Waals surface area contributed by atoms with Gasteiger partial charge in [-0.3, -0.25) is 14.4 Å². The topological polar surface area (TPSA) is 113 Å². The van der Waals surface area contributed by atoms with E-state index in [-0.39, 0.29) is 12.3 Å². The Kier molecular flexibility index (Phi) is 7.49. The second-order valence-corrected chi connectivity index (χ2v) is 11.0. The van der Waals surface area contributed by atoms with Crippen molar-refractivity contribution in [2.75, 3.05) is 6.54 Å². The first-order valence-electron chi connectivity index (χ1n) is 12.3. The molecule has 0 bridgehead atoms. The average molecular weight is 548 g/mol. The van der Waals surface area contributed by atoms with Gasteiger partial charge in [-0.2, -0.15) is 0 Å². The highest BCUT2D eigenvalue weighted by molar-refractivity contribution is 7.15. The average Bonchev–Trinajstić information content (AvgIpc) is 3.37. The smallest absolute Gasteiger partial charge is 0.423 e. The maximum absolute atomic E-state index is 13.1.